The van der Waals surface area contributed by atoms with E-state index < -0.39 is 9.84 Å². The lowest BCUT2D eigenvalue weighted by Crippen LogP contribution is -2.01. The van der Waals surface area contributed by atoms with Crippen LogP contribution in [0.2, 0.25) is 0 Å². The fourth-order valence-corrected chi connectivity index (χ4v) is 3.31. The first-order valence-electron chi connectivity index (χ1n) is 7.23. The van der Waals surface area contributed by atoms with Crippen molar-refractivity contribution in [1.82, 2.24) is 4.98 Å². The van der Waals surface area contributed by atoms with Crippen LogP contribution in [0.25, 0.3) is 0 Å². The molecule has 0 radical (unpaired) electrons. The summed E-state index contributed by atoms with van der Waals surface area (Å²) in [5, 5.41) is 17.4. The summed E-state index contributed by atoms with van der Waals surface area (Å²) in [5.41, 5.74) is 6.50. The Labute approximate surface area is 144 Å². The highest BCUT2D eigenvalue weighted by molar-refractivity contribution is 7.91. The Hall–Kier alpha value is -3.26. The van der Waals surface area contributed by atoms with Crippen LogP contribution in [0, 0.1) is 0 Å². The molecule has 1 aromatic heterocycles. The largest absolute Gasteiger partial charge is 0.504 e. The molecule has 0 aliphatic carbocycles. The maximum Gasteiger partial charge on any atom is 0.216 e. The fourth-order valence-electron chi connectivity index (χ4n) is 2.05. The van der Waals surface area contributed by atoms with Gasteiger partial charge in [0.2, 0.25) is 15.7 Å². The maximum absolute atomic E-state index is 12.5. The summed E-state index contributed by atoms with van der Waals surface area (Å²) in [5.74, 6) is -0.00475. The van der Waals surface area contributed by atoms with Gasteiger partial charge >= 0.3 is 0 Å². The number of benzene rings is 2. The molecular weight excluding hydrogens is 340 g/mol. The lowest BCUT2D eigenvalue weighted by Gasteiger charge is -2.05. The molecule has 0 spiro atoms. The summed E-state index contributed by atoms with van der Waals surface area (Å²) in [6.45, 7) is 0. The molecule has 0 fully saturated rings. The van der Waals surface area contributed by atoms with Crippen molar-refractivity contribution in [3.8, 4) is 5.75 Å². The minimum absolute atomic E-state index is 0.0843. The van der Waals surface area contributed by atoms with Gasteiger partial charge in [0.1, 0.15) is 0 Å². The van der Waals surface area contributed by atoms with Crippen LogP contribution in [0.1, 0.15) is 0 Å². The van der Waals surface area contributed by atoms with E-state index in [1.54, 1.807) is 6.07 Å². The fraction of sp³-hybridized carbons (Fsp3) is 0. The van der Waals surface area contributed by atoms with Crippen LogP contribution in [-0.4, -0.2) is 18.5 Å². The summed E-state index contributed by atoms with van der Waals surface area (Å²) in [6, 6.07) is 14.9. The van der Waals surface area contributed by atoms with E-state index in [9.17, 15) is 13.5 Å². The first kappa shape index (κ1) is 16.6. The van der Waals surface area contributed by atoms with E-state index in [1.807, 2.05) is 0 Å². The van der Waals surface area contributed by atoms with Gasteiger partial charge in [0.15, 0.2) is 5.75 Å². The quantitative estimate of drug-likeness (QED) is 0.548. The van der Waals surface area contributed by atoms with Crippen LogP contribution < -0.4 is 5.73 Å². The van der Waals surface area contributed by atoms with E-state index in [-0.39, 0.29) is 21.4 Å². The number of azo groups is 1. The molecule has 1 heterocycles. The van der Waals surface area contributed by atoms with Crippen molar-refractivity contribution in [2.75, 3.05) is 5.73 Å². The van der Waals surface area contributed by atoms with Gasteiger partial charge in [-0.1, -0.05) is 0 Å². The van der Waals surface area contributed by atoms with Crippen LogP contribution in [0.4, 0.5) is 17.2 Å². The van der Waals surface area contributed by atoms with Crippen LogP contribution in [0.5, 0.6) is 5.75 Å². The predicted octanol–water partition coefficient (Wildman–Crippen LogP) is 3.62. The third-order valence-electron chi connectivity index (χ3n) is 3.36. The molecule has 8 heteroatoms. The van der Waals surface area contributed by atoms with Gasteiger partial charge < -0.3 is 10.8 Å². The third-order valence-corrected chi connectivity index (χ3v) is 5.15. The molecule has 0 atom stereocenters. The summed E-state index contributed by atoms with van der Waals surface area (Å²) in [4.78, 5) is 4.18. The monoisotopic (exact) mass is 354 g/mol. The van der Waals surface area contributed by atoms with Gasteiger partial charge in [-0.25, -0.2) is 13.4 Å². The number of nitrogen functional groups attached to an aromatic ring is 1. The Bertz CT molecular complexity index is 1010. The molecule has 0 aliphatic rings. The van der Waals surface area contributed by atoms with Crippen molar-refractivity contribution in [3.05, 3.63) is 66.9 Å². The average molecular weight is 354 g/mol. The van der Waals surface area contributed by atoms with Crippen molar-refractivity contribution in [2.24, 2.45) is 10.2 Å². The van der Waals surface area contributed by atoms with Gasteiger partial charge in [0.05, 0.1) is 15.5 Å². The highest BCUT2D eigenvalue weighted by Gasteiger charge is 2.17. The molecule has 0 saturated carbocycles. The van der Waals surface area contributed by atoms with Crippen molar-refractivity contribution in [2.45, 2.75) is 9.79 Å². The number of hydrogen-bond donors (Lipinski definition) is 2. The SMILES string of the molecule is Nc1ccc(S(=O)(=O)c2ccc(N=Nc3ncccc3O)cc2)cc1. The minimum atomic E-state index is -3.63. The number of aromatic hydroxyl groups is 1. The zero-order valence-corrected chi connectivity index (χ0v) is 13.8. The molecule has 0 bridgehead atoms. The maximum atomic E-state index is 12.5. The second-order valence-electron chi connectivity index (χ2n) is 5.11. The van der Waals surface area contributed by atoms with Gasteiger partial charge in [-0.15, -0.1) is 10.2 Å². The molecule has 3 N–H and O–H groups in total. The number of aromatic nitrogens is 1. The highest BCUT2D eigenvalue weighted by Crippen LogP contribution is 2.27. The molecule has 3 rings (SSSR count). The Balaban J connectivity index is 1.85. The molecule has 0 unspecified atom stereocenters. The first-order chi connectivity index (χ1) is 12.0. The van der Waals surface area contributed by atoms with E-state index in [2.05, 4.69) is 15.2 Å². The standard InChI is InChI=1S/C17H14N4O3S/c18-12-3-7-14(8-4-12)25(23,24)15-9-5-13(6-10-15)20-21-17-16(22)2-1-11-19-17/h1-11,22H,18H2. The summed E-state index contributed by atoms with van der Waals surface area (Å²) < 4.78 is 25.1. The Morgan fingerprint density at radius 2 is 1.48 bits per heavy atom. The number of hydrogen-bond acceptors (Lipinski definition) is 7. The lowest BCUT2D eigenvalue weighted by molar-refractivity contribution is 0.474. The Morgan fingerprint density at radius 3 is 2.08 bits per heavy atom. The summed E-state index contributed by atoms with van der Waals surface area (Å²) in [7, 11) is -3.63. The molecule has 0 saturated heterocycles. The summed E-state index contributed by atoms with van der Waals surface area (Å²) >= 11 is 0. The molecule has 3 aromatic rings. The molecule has 25 heavy (non-hydrogen) atoms. The number of rotatable bonds is 4. The van der Waals surface area contributed by atoms with Gasteiger partial charge in [-0.05, 0) is 60.7 Å². The Kier molecular flexibility index (Phi) is 4.44. The normalized spacial score (nSPS) is 11.7. The van der Waals surface area contributed by atoms with E-state index >= 15 is 0 Å². The van der Waals surface area contributed by atoms with Crippen molar-refractivity contribution >= 4 is 27.0 Å². The van der Waals surface area contributed by atoms with Crippen molar-refractivity contribution in [1.29, 1.82) is 0 Å². The van der Waals surface area contributed by atoms with E-state index in [0.29, 0.717) is 11.4 Å². The molecule has 0 amide bonds. The minimum Gasteiger partial charge on any atom is -0.504 e. The first-order valence-corrected chi connectivity index (χ1v) is 8.71. The summed E-state index contributed by atoms with van der Waals surface area (Å²) in [6.07, 6.45) is 1.48. The van der Waals surface area contributed by atoms with Gasteiger partial charge in [-0.2, -0.15) is 0 Å². The van der Waals surface area contributed by atoms with Gasteiger partial charge in [-0.3, -0.25) is 0 Å². The molecular formula is C17H14N4O3S. The second kappa shape index (κ2) is 6.70. The van der Waals surface area contributed by atoms with Crippen LogP contribution in [0.15, 0.2) is 86.9 Å². The number of nitrogens with two attached hydrogens (primary N) is 1. The highest BCUT2D eigenvalue weighted by atomic mass is 32.2. The zero-order valence-electron chi connectivity index (χ0n) is 12.9. The van der Waals surface area contributed by atoms with Crippen LogP contribution in [-0.2, 0) is 9.84 Å². The third kappa shape index (κ3) is 3.64. The lowest BCUT2D eigenvalue weighted by atomic mass is 10.3. The van der Waals surface area contributed by atoms with Crippen LogP contribution >= 0.6 is 0 Å². The average Bonchev–Trinajstić information content (AvgIpc) is 2.62. The number of anilines is 1. The van der Waals surface area contributed by atoms with E-state index in [0.717, 1.165) is 0 Å². The molecule has 7 nitrogen and oxygen atoms in total. The molecule has 2 aromatic carbocycles. The van der Waals surface area contributed by atoms with Crippen LogP contribution in [0.3, 0.4) is 0 Å². The Morgan fingerprint density at radius 1 is 0.880 bits per heavy atom. The van der Waals surface area contributed by atoms with Gasteiger partial charge in [0, 0.05) is 11.9 Å². The van der Waals surface area contributed by atoms with Gasteiger partial charge in [0.25, 0.3) is 0 Å². The number of pyridine rings is 1. The molecule has 0 aliphatic heterocycles. The topological polar surface area (TPSA) is 118 Å². The zero-order chi connectivity index (χ0) is 17.9. The van der Waals surface area contributed by atoms with Crippen molar-refractivity contribution < 1.29 is 13.5 Å². The second-order valence-corrected chi connectivity index (χ2v) is 7.06. The number of sulfone groups is 1. The predicted molar refractivity (Wildman–Crippen MR) is 92.8 cm³/mol. The van der Waals surface area contributed by atoms with E-state index in [4.69, 9.17) is 5.73 Å². The van der Waals surface area contributed by atoms with E-state index in [1.165, 1.54) is 60.8 Å². The number of nitrogens with zero attached hydrogens (tertiary/aromatic N) is 3. The molecule has 126 valence electrons. The smallest absolute Gasteiger partial charge is 0.216 e. The van der Waals surface area contributed by atoms with Crippen molar-refractivity contribution in [3.63, 3.8) is 0 Å².